The van der Waals surface area contributed by atoms with Gasteiger partial charge in [0.1, 0.15) is 5.82 Å². The molecule has 0 bridgehead atoms. The Morgan fingerprint density at radius 2 is 2.12 bits per heavy atom. The van der Waals surface area contributed by atoms with E-state index in [0.717, 1.165) is 17.1 Å². The third kappa shape index (κ3) is 4.27. The number of aryl methyl sites for hydroxylation is 2. The number of sulfone groups is 1. The van der Waals surface area contributed by atoms with Gasteiger partial charge in [-0.2, -0.15) is 0 Å². The second-order valence-electron chi connectivity index (χ2n) is 6.94. The Hall–Kier alpha value is -1.87. The summed E-state index contributed by atoms with van der Waals surface area (Å²) in [5, 5.41) is 11.8. The van der Waals surface area contributed by atoms with Crippen LogP contribution < -0.4 is 5.32 Å². The number of rotatable bonds is 5. The lowest BCUT2D eigenvalue weighted by Crippen LogP contribution is -2.47. The summed E-state index contributed by atoms with van der Waals surface area (Å²) in [6.07, 6.45) is 0.449. The molecule has 0 unspecified atom stereocenters. The van der Waals surface area contributed by atoms with Gasteiger partial charge in [0.25, 0.3) is 0 Å². The predicted octanol–water partition coefficient (Wildman–Crippen LogP) is 1.67. The smallest absolute Gasteiger partial charge is 0.230 e. The molecule has 0 saturated carbocycles. The molecule has 1 N–H and O–H groups in total. The van der Waals surface area contributed by atoms with Crippen molar-refractivity contribution >= 4 is 27.5 Å². The first kappa shape index (κ1) is 18.9. The van der Waals surface area contributed by atoms with E-state index in [1.54, 1.807) is 6.92 Å². The van der Waals surface area contributed by atoms with E-state index < -0.39 is 15.4 Å². The topological polar surface area (TPSA) is 93.9 Å². The van der Waals surface area contributed by atoms with Gasteiger partial charge < -0.3 is 5.32 Å². The monoisotopic (exact) mass is 394 g/mol. The van der Waals surface area contributed by atoms with Crippen molar-refractivity contribution in [2.24, 2.45) is 0 Å². The highest BCUT2D eigenvalue weighted by Crippen LogP contribution is 2.25. The van der Waals surface area contributed by atoms with Gasteiger partial charge in [0.15, 0.2) is 15.0 Å². The minimum Gasteiger partial charge on any atom is -0.349 e. The molecule has 1 fully saturated rings. The number of nitrogens with zero attached hydrogens (tertiary/aromatic N) is 3. The average Bonchev–Trinajstić information content (AvgIpc) is 3.04. The van der Waals surface area contributed by atoms with Gasteiger partial charge in [-0.05, 0) is 44.9 Å². The van der Waals surface area contributed by atoms with Crippen LogP contribution in [0.2, 0.25) is 0 Å². The molecule has 3 rings (SSSR count). The Labute approximate surface area is 157 Å². The van der Waals surface area contributed by atoms with Crippen LogP contribution in [0.15, 0.2) is 29.4 Å². The van der Waals surface area contributed by atoms with Crippen LogP contribution in [-0.2, 0) is 14.6 Å². The summed E-state index contributed by atoms with van der Waals surface area (Å²) in [5.41, 5.74) is 1.39. The van der Waals surface area contributed by atoms with Gasteiger partial charge in [0.05, 0.1) is 22.8 Å². The molecule has 1 aliphatic rings. The fourth-order valence-corrected chi connectivity index (χ4v) is 6.00. The highest BCUT2D eigenvalue weighted by Gasteiger charge is 2.39. The van der Waals surface area contributed by atoms with Crippen molar-refractivity contribution in [1.29, 1.82) is 0 Å². The van der Waals surface area contributed by atoms with E-state index in [0.29, 0.717) is 11.6 Å². The minimum atomic E-state index is -3.06. The molecular weight excluding hydrogens is 372 g/mol. The van der Waals surface area contributed by atoms with Gasteiger partial charge >= 0.3 is 0 Å². The second-order valence-corrected chi connectivity index (χ2v) is 10.1. The Bertz CT molecular complexity index is 939. The summed E-state index contributed by atoms with van der Waals surface area (Å²) in [6.45, 7) is 5.66. The third-order valence-corrected chi connectivity index (χ3v) is 7.16. The molecule has 140 valence electrons. The first-order valence-electron chi connectivity index (χ1n) is 8.31. The van der Waals surface area contributed by atoms with Gasteiger partial charge in [-0.1, -0.05) is 23.9 Å². The molecular formula is C17H22N4O3S2. The van der Waals surface area contributed by atoms with Crippen molar-refractivity contribution in [3.63, 3.8) is 0 Å². The van der Waals surface area contributed by atoms with Gasteiger partial charge in [-0.15, -0.1) is 10.2 Å². The van der Waals surface area contributed by atoms with Gasteiger partial charge in [0.2, 0.25) is 5.91 Å². The van der Waals surface area contributed by atoms with Crippen LogP contribution in [0, 0.1) is 13.8 Å². The highest BCUT2D eigenvalue weighted by molar-refractivity contribution is 7.99. The van der Waals surface area contributed by atoms with E-state index in [-0.39, 0.29) is 23.2 Å². The Balaban J connectivity index is 1.68. The van der Waals surface area contributed by atoms with Crippen LogP contribution >= 0.6 is 11.8 Å². The zero-order valence-corrected chi connectivity index (χ0v) is 16.7. The normalized spacial score (nSPS) is 21.7. The molecule has 1 aliphatic heterocycles. The minimum absolute atomic E-state index is 0.00497. The maximum Gasteiger partial charge on any atom is 0.230 e. The molecule has 0 radical (unpaired) electrons. The predicted molar refractivity (Wildman–Crippen MR) is 101 cm³/mol. The summed E-state index contributed by atoms with van der Waals surface area (Å²) >= 11 is 1.29. The van der Waals surface area contributed by atoms with E-state index >= 15 is 0 Å². The molecule has 1 aromatic carbocycles. The molecule has 2 heterocycles. The summed E-state index contributed by atoms with van der Waals surface area (Å²) in [5.74, 6) is 0.810. The third-order valence-electron chi connectivity index (χ3n) is 4.33. The first-order chi connectivity index (χ1) is 12.2. The van der Waals surface area contributed by atoms with Crippen LogP contribution in [-0.4, -0.2) is 51.9 Å². The number of amides is 1. The molecule has 1 aromatic heterocycles. The summed E-state index contributed by atoms with van der Waals surface area (Å²) in [6, 6.07) is 7.98. The summed E-state index contributed by atoms with van der Waals surface area (Å²) in [7, 11) is -3.06. The fraction of sp³-hybridized carbons (Fsp3) is 0.471. The van der Waals surface area contributed by atoms with Crippen molar-refractivity contribution in [2.45, 2.75) is 37.9 Å². The Morgan fingerprint density at radius 1 is 1.35 bits per heavy atom. The lowest BCUT2D eigenvalue weighted by Gasteiger charge is -2.23. The lowest BCUT2D eigenvalue weighted by molar-refractivity contribution is -0.120. The zero-order valence-electron chi connectivity index (χ0n) is 15.0. The molecule has 2 aromatic rings. The van der Waals surface area contributed by atoms with Gasteiger partial charge in [-0.3, -0.25) is 9.36 Å². The fourth-order valence-electron chi connectivity index (χ4n) is 3.11. The first-order valence-corrected chi connectivity index (χ1v) is 11.1. The van der Waals surface area contributed by atoms with Crippen molar-refractivity contribution in [1.82, 2.24) is 20.1 Å². The van der Waals surface area contributed by atoms with Crippen molar-refractivity contribution in [3.8, 4) is 5.69 Å². The Kier molecular flexibility index (Phi) is 5.12. The SMILES string of the molecule is Cc1cccc(-n2c(C)nnc2SCC(=O)N[C@]2(C)CCS(=O)(=O)C2)c1. The van der Waals surface area contributed by atoms with E-state index in [9.17, 15) is 13.2 Å². The summed E-state index contributed by atoms with van der Waals surface area (Å²) in [4.78, 5) is 12.3. The number of benzene rings is 1. The van der Waals surface area contributed by atoms with E-state index in [2.05, 4.69) is 15.5 Å². The average molecular weight is 395 g/mol. The number of hydrogen-bond donors (Lipinski definition) is 1. The quantitative estimate of drug-likeness (QED) is 0.776. The van der Waals surface area contributed by atoms with Crippen molar-refractivity contribution in [3.05, 3.63) is 35.7 Å². The number of nitrogens with one attached hydrogen (secondary N) is 1. The molecule has 7 nitrogen and oxygen atoms in total. The van der Waals surface area contributed by atoms with Crippen LogP contribution in [0.25, 0.3) is 5.69 Å². The van der Waals surface area contributed by atoms with Gasteiger partial charge in [0, 0.05) is 5.69 Å². The second kappa shape index (κ2) is 7.03. The molecule has 1 amide bonds. The number of aromatic nitrogens is 3. The largest absolute Gasteiger partial charge is 0.349 e. The standard InChI is InChI=1S/C17H22N4O3S2/c1-12-5-4-6-14(9-12)21-13(2)19-20-16(21)25-10-15(22)18-17(3)7-8-26(23,24)11-17/h4-6,9H,7-8,10-11H2,1-3H3,(H,18,22)/t17-/m1/s1. The van der Waals surface area contributed by atoms with Crippen LogP contribution in [0.4, 0.5) is 0 Å². The van der Waals surface area contributed by atoms with Crippen molar-refractivity contribution < 1.29 is 13.2 Å². The number of thioether (sulfide) groups is 1. The lowest BCUT2D eigenvalue weighted by atomic mass is 10.0. The molecule has 0 spiro atoms. The zero-order chi connectivity index (χ0) is 18.9. The summed E-state index contributed by atoms with van der Waals surface area (Å²) < 4.78 is 25.2. The maximum atomic E-state index is 12.3. The van der Waals surface area contributed by atoms with E-state index in [4.69, 9.17) is 0 Å². The maximum absolute atomic E-state index is 12.3. The molecule has 1 saturated heterocycles. The molecule has 1 atom stereocenters. The van der Waals surface area contributed by atoms with E-state index in [1.165, 1.54) is 11.8 Å². The highest BCUT2D eigenvalue weighted by atomic mass is 32.2. The van der Waals surface area contributed by atoms with Crippen molar-refractivity contribution in [2.75, 3.05) is 17.3 Å². The Morgan fingerprint density at radius 3 is 2.77 bits per heavy atom. The number of hydrogen-bond acceptors (Lipinski definition) is 6. The van der Waals surface area contributed by atoms with Gasteiger partial charge in [-0.25, -0.2) is 8.42 Å². The number of carbonyl (C=O) groups is 1. The van der Waals surface area contributed by atoms with E-state index in [1.807, 2.05) is 42.7 Å². The van der Waals surface area contributed by atoms with Crippen LogP contribution in [0.5, 0.6) is 0 Å². The molecule has 0 aliphatic carbocycles. The molecule has 26 heavy (non-hydrogen) atoms. The number of carbonyl (C=O) groups excluding carboxylic acids is 1. The van der Waals surface area contributed by atoms with Crippen LogP contribution in [0.3, 0.4) is 0 Å². The molecule has 9 heteroatoms. The van der Waals surface area contributed by atoms with Crippen LogP contribution in [0.1, 0.15) is 24.7 Å².